The first-order valence-electron chi connectivity index (χ1n) is 15.6. The molecule has 0 atom stereocenters. The Morgan fingerprint density at radius 1 is 0.617 bits per heavy atom. The van der Waals surface area contributed by atoms with Gasteiger partial charge in [0, 0.05) is 46.8 Å². The van der Waals surface area contributed by atoms with Gasteiger partial charge in [0.15, 0.2) is 5.58 Å². The van der Waals surface area contributed by atoms with Gasteiger partial charge in [-0.05, 0) is 59.0 Å². The molecular weight excluding hydrogens is 615 g/mol. The minimum absolute atomic E-state index is 0.819. The fraction of sp³-hybridized carbons (Fsp3) is 0.0238. The van der Waals surface area contributed by atoms with E-state index in [9.17, 15) is 0 Å². The predicted molar refractivity (Wildman–Crippen MR) is 199 cm³/mol. The Morgan fingerprint density at radius 2 is 1.23 bits per heavy atom. The van der Waals surface area contributed by atoms with Gasteiger partial charge in [-0.15, -0.1) is 22.7 Å². The molecule has 5 aromatic carbocycles. The van der Waals surface area contributed by atoms with Crippen LogP contribution in [0.1, 0.15) is 16.9 Å². The number of benzene rings is 5. The number of hydrogen-bond acceptors (Lipinski definition) is 5. The normalized spacial score (nSPS) is 12.8. The van der Waals surface area contributed by atoms with Crippen molar-refractivity contribution in [2.24, 2.45) is 0 Å². The first-order valence-corrected chi connectivity index (χ1v) is 17.2. The lowest BCUT2D eigenvalue weighted by Gasteiger charge is -2.09. The molecule has 0 aliphatic heterocycles. The van der Waals surface area contributed by atoms with E-state index in [0.29, 0.717) is 0 Å². The molecule has 0 aliphatic carbocycles. The standard InChI is InChI=1S/C42H25NO2S2/c1-23-27-11-3-7-15-31(27)44-39(23)35(41-24(2)28-12-5-9-17-33(28)46-41)25-19-21-26(22-20-25)36-40-37(29-13-4-8-16-32(29)45-40)43-38-30-14-6-10-18-34(30)47-42(36)38/h3-22H,2H2,1H3/b41-35+. The Bertz CT molecular complexity index is 2900. The van der Waals surface area contributed by atoms with Crippen molar-refractivity contribution in [3.63, 3.8) is 0 Å². The highest BCUT2D eigenvalue weighted by molar-refractivity contribution is 7.26. The quantitative estimate of drug-likeness (QED) is 0.193. The lowest BCUT2D eigenvalue weighted by molar-refractivity contribution is 0.597. The van der Waals surface area contributed by atoms with Crippen LogP contribution in [0.15, 0.2) is 130 Å². The van der Waals surface area contributed by atoms with Crippen LogP contribution in [0.4, 0.5) is 0 Å². The number of pyridine rings is 1. The molecule has 47 heavy (non-hydrogen) atoms. The van der Waals surface area contributed by atoms with Gasteiger partial charge >= 0.3 is 0 Å². The summed E-state index contributed by atoms with van der Waals surface area (Å²) in [5.41, 5.74) is 9.89. The van der Waals surface area contributed by atoms with Gasteiger partial charge in [0.2, 0.25) is 0 Å². The molecule has 222 valence electrons. The summed E-state index contributed by atoms with van der Waals surface area (Å²) in [5, 5.41) is 5.52. The van der Waals surface area contributed by atoms with Crippen LogP contribution >= 0.6 is 22.7 Å². The second-order valence-electron chi connectivity index (χ2n) is 11.9. The van der Waals surface area contributed by atoms with Crippen molar-refractivity contribution in [3.8, 4) is 11.1 Å². The highest BCUT2D eigenvalue weighted by atomic mass is 32.1. The summed E-state index contributed by atoms with van der Waals surface area (Å²) in [5.74, 6) is 0.880. The fourth-order valence-corrected chi connectivity index (χ4v) is 9.40. The van der Waals surface area contributed by atoms with E-state index < -0.39 is 0 Å². The molecule has 0 fully saturated rings. The molecule has 0 amide bonds. The fourth-order valence-electron chi connectivity index (χ4n) is 6.98. The summed E-state index contributed by atoms with van der Waals surface area (Å²) in [4.78, 5) is 5.22. The van der Waals surface area contributed by atoms with Crippen LogP contribution in [0.3, 0.4) is 0 Å². The summed E-state index contributed by atoms with van der Waals surface area (Å²) in [6.07, 6.45) is 0. The maximum Gasteiger partial charge on any atom is 0.163 e. The molecule has 5 heteroatoms. The molecule has 3 nitrogen and oxygen atoms in total. The van der Waals surface area contributed by atoms with Gasteiger partial charge in [-0.25, -0.2) is 4.98 Å². The molecule has 0 spiro atoms. The first kappa shape index (κ1) is 26.7. The third-order valence-corrected chi connectivity index (χ3v) is 11.7. The minimum atomic E-state index is 0.819. The summed E-state index contributed by atoms with van der Waals surface area (Å²) in [7, 11) is 0. The molecule has 0 N–H and O–H groups in total. The second-order valence-corrected chi connectivity index (χ2v) is 14.1. The molecule has 0 radical (unpaired) electrons. The van der Waals surface area contributed by atoms with Crippen LogP contribution in [0.5, 0.6) is 0 Å². The Labute approximate surface area is 276 Å². The third-order valence-electron chi connectivity index (χ3n) is 9.27. The van der Waals surface area contributed by atoms with Gasteiger partial charge in [0.05, 0.1) is 10.2 Å². The summed E-state index contributed by atoms with van der Waals surface area (Å²) in [6, 6.07) is 42.3. The molecule has 0 saturated heterocycles. The molecule has 0 bridgehead atoms. The maximum atomic E-state index is 6.64. The summed E-state index contributed by atoms with van der Waals surface area (Å²) < 4.78 is 17.9. The smallest absolute Gasteiger partial charge is 0.163 e. The number of hydrogen-bond donors (Lipinski definition) is 0. The largest absolute Gasteiger partial charge is 0.456 e. The van der Waals surface area contributed by atoms with Crippen molar-refractivity contribution in [1.29, 1.82) is 0 Å². The van der Waals surface area contributed by atoms with E-state index in [1.807, 2.05) is 30.3 Å². The van der Waals surface area contributed by atoms with E-state index in [1.54, 1.807) is 22.7 Å². The Balaban J connectivity index is 1.26. The van der Waals surface area contributed by atoms with Crippen molar-refractivity contribution in [1.82, 2.24) is 4.98 Å². The van der Waals surface area contributed by atoms with Crippen LogP contribution in [-0.4, -0.2) is 4.98 Å². The average molecular weight is 640 g/mol. The molecule has 0 unspecified atom stereocenters. The summed E-state index contributed by atoms with van der Waals surface area (Å²) >= 11 is 3.54. The zero-order valence-electron chi connectivity index (χ0n) is 25.3. The van der Waals surface area contributed by atoms with Gasteiger partial charge in [-0.2, -0.15) is 0 Å². The maximum absolute atomic E-state index is 6.64. The zero-order valence-corrected chi connectivity index (χ0v) is 27.0. The lowest BCUT2D eigenvalue weighted by atomic mass is 9.96. The van der Waals surface area contributed by atoms with Crippen molar-refractivity contribution < 1.29 is 8.83 Å². The van der Waals surface area contributed by atoms with Crippen LogP contribution < -0.4 is 9.75 Å². The van der Waals surface area contributed by atoms with Crippen molar-refractivity contribution in [2.45, 2.75) is 6.92 Å². The monoisotopic (exact) mass is 639 g/mol. The van der Waals surface area contributed by atoms with Crippen molar-refractivity contribution >= 4 is 98.3 Å². The van der Waals surface area contributed by atoms with Crippen molar-refractivity contribution in [2.75, 3.05) is 0 Å². The highest BCUT2D eigenvalue weighted by Crippen LogP contribution is 2.45. The van der Waals surface area contributed by atoms with E-state index >= 15 is 0 Å². The SMILES string of the molecule is C=c1/c(=C(/c2ccc(-c3c4oc5ccccc5c4nc4c3sc3ccccc34)cc2)c2oc3ccccc3c2C)sc2ccccc12. The number of rotatable bonds is 3. The zero-order chi connectivity index (χ0) is 31.2. The Kier molecular flexibility index (Phi) is 5.68. The van der Waals surface area contributed by atoms with Crippen LogP contribution in [0, 0.1) is 6.92 Å². The minimum Gasteiger partial charge on any atom is -0.456 e. The lowest BCUT2D eigenvalue weighted by Crippen LogP contribution is -2.21. The molecule has 10 rings (SSSR count). The van der Waals surface area contributed by atoms with Crippen LogP contribution in [0.2, 0.25) is 0 Å². The van der Waals surface area contributed by atoms with Crippen molar-refractivity contribution in [3.05, 3.63) is 148 Å². The van der Waals surface area contributed by atoms with E-state index in [4.69, 9.17) is 13.8 Å². The van der Waals surface area contributed by atoms with E-state index in [0.717, 1.165) is 86.6 Å². The molecule has 5 heterocycles. The number of furan rings is 2. The van der Waals surface area contributed by atoms with E-state index in [1.165, 1.54) is 20.2 Å². The predicted octanol–water partition coefficient (Wildman–Crippen LogP) is 10.9. The number of para-hydroxylation sites is 2. The number of thiophene rings is 2. The van der Waals surface area contributed by atoms with Gasteiger partial charge in [-0.3, -0.25) is 0 Å². The number of fused-ring (bicyclic) bond motifs is 8. The van der Waals surface area contributed by atoms with Gasteiger partial charge in [0.1, 0.15) is 22.4 Å². The second kappa shape index (κ2) is 10.0. The average Bonchev–Trinajstić information content (AvgIpc) is 3.86. The van der Waals surface area contributed by atoms with E-state index in [2.05, 4.69) is 104 Å². The topological polar surface area (TPSA) is 39.2 Å². The number of aryl methyl sites for hydroxylation is 1. The Morgan fingerprint density at radius 3 is 1.96 bits per heavy atom. The van der Waals surface area contributed by atoms with E-state index in [-0.39, 0.29) is 0 Å². The molecular formula is C42H25NO2S2. The molecule has 0 aliphatic rings. The van der Waals surface area contributed by atoms with Gasteiger partial charge < -0.3 is 8.83 Å². The number of aromatic nitrogens is 1. The van der Waals surface area contributed by atoms with Crippen LogP contribution in [0.25, 0.3) is 86.7 Å². The third kappa shape index (κ3) is 3.88. The van der Waals surface area contributed by atoms with Gasteiger partial charge in [-0.1, -0.05) is 97.6 Å². The number of nitrogens with zero attached hydrogens (tertiary/aromatic N) is 1. The first-order chi connectivity index (χ1) is 23.1. The van der Waals surface area contributed by atoms with Crippen LogP contribution in [-0.2, 0) is 0 Å². The molecule has 10 aromatic rings. The van der Waals surface area contributed by atoms with Gasteiger partial charge in [0.25, 0.3) is 0 Å². The Hall–Kier alpha value is -5.49. The highest BCUT2D eigenvalue weighted by Gasteiger charge is 2.23. The summed E-state index contributed by atoms with van der Waals surface area (Å²) in [6.45, 7) is 6.72. The molecule has 5 aromatic heterocycles. The molecule has 0 saturated carbocycles.